The van der Waals surface area contributed by atoms with Gasteiger partial charge < -0.3 is 19.3 Å². The highest BCUT2D eigenvalue weighted by molar-refractivity contribution is 5.71. The van der Waals surface area contributed by atoms with E-state index in [2.05, 4.69) is 19.9 Å². The maximum absolute atomic E-state index is 12.0. The predicted octanol–water partition coefficient (Wildman–Crippen LogP) is -0.693. The average molecular weight is 280 g/mol. The molecule has 0 amide bonds. The molecule has 0 aliphatic heterocycles. The van der Waals surface area contributed by atoms with E-state index in [-0.39, 0.29) is 31.5 Å². The fraction of sp³-hybridized carbons (Fsp3) is 0.455. The zero-order chi connectivity index (χ0) is 14.5. The van der Waals surface area contributed by atoms with Gasteiger partial charge in [-0.2, -0.15) is 4.98 Å². The summed E-state index contributed by atoms with van der Waals surface area (Å²) >= 11 is 0. The molecular weight excluding hydrogens is 264 g/mol. The number of aromatic nitrogens is 4. The monoisotopic (exact) mass is 280 g/mol. The number of fused-ring (bicyclic) bond motifs is 1. The number of rotatable bonds is 6. The van der Waals surface area contributed by atoms with E-state index in [1.54, 1.807) is 4.90 Å². The SMILES string of the molecule is CN(C)/C=N/c1nc2ncn(COCCO)c2c(=O)[nH]1. The summed E-state index contributed by atoms with van der Waals surface area (Å²) in [5.74, 6) is 0.192. The van der Waals surface area contributed by atoms with E-state index < -0.39 is 0 Å². The standard InChI is InChI=1S/C11H16N6O3/c1-16(2)5-13-11-14-9-8(10(19)15-11)17(6-12-9)7-20-4-3-18/h5-6,18H,3-4,7H2,1-2H3,(H,14,15,19)/b13-5+. The Kier molecular flexibility index (Phi) is 4.43. The molecule has 0 radical (unpaired) electrons. The molecule has 2 N–H and O–H groups in total. The van der Waals surface area contributed by atoms with E-state index in [0.29, 0.717) is 11.2 Å². The van der Waals surface area contributed by atoms with Crippen LogP contribution in [0.1, 0.15) is 0 Å². The van der Waals surface area contributed by atoms with E-state index in [9.17, 15) is 4.79 Å². The fourth-order valence-corrected chi connectivity index (χ4v) is 1.53. The number of hydrogen-bond donors (Lipinski definition) is 2. The van der Waals surface area contributed by atoms with Crippen LogP contribution in [-0.2, 0) is 11.5 Å². The number of nitrogens with one attached hydrogen (secondary N) is 1. The van der Waals surface area contributed by atoms with Gasteiger partial charge in [-0.1, -0.05) is 0 Å². The van der Waals surface area contributed by atoms with Crippen LogP contribution in [0.25, 0.3) is 11.2 Å². The van der Waals surface area contributed by atoms with Crippen LogP contribution in [-0.4, -0.2) is 63.2 Å². The molecule has 2 heterocycles. The van der Waals surface area contributed by atoms with Gasteiger partial charge >= 0.3 is 0 Å². The predicted molar refractivity (Wildman–Crippen MR) is 73.0 cm³/mol. The van der Waals surface area contributed by atoms with E-state index in [0.717, 1.165) is 0 Å². The third-order valence-corrected chi connectivity index (χ3v) is 2.35. The molecule has 9 heteroatoms. The fourth-order valence-electron chi connectivity index (χ4n) is 1.53. The Balaban J connectivity index is 2.31. The molecule has 0 spiro atoms. The van der Waals surface area contributed by atoms with Crippen molar-refractivity contribution >= 4 is 23.5 Å². The van der Waals surface area contributed by atoms with E-state index in [4.69, 9.17) is 9.84 Å². The van der Waals surface area contributed by atoms with Crippen LogP contribution < -0.4 is 5.56 Å². The molecule has 0 unspecified atom stereocenters. The quantitative estimate of drug-likeness (QED) is 0.412. The van der Waals surface area contributed by atoms with E-state index >= 15 is 0 Å². The lowest BCUT2D eigenvalue weighted by molar-refractivity contribution is 0.0500. The van der Waals surface area contributed by atoms with Crippen LogP contribution in [0.3, 0.4) is 0 Å². The first-order chi connectivity index (χ1) is 9.61. The Bertz CT molecular complexity index is 660. The van der Waals surface area contributed by atoms with Crippen LogP contribution in [0.5, 0.6) is 0 Å². The van der Waals surface area contributed by atoms with Gasteiger partial charge in [0, 0.05) is 14.1 Å². The van der Waals surface area contributed by atoms with Crippen LogP contribution >= 0.6 is 0 Å². The maximum atomic E-state index is 12.0. The second kappa shape index (κ2) is 6.26. The van der Waals surface area contributed by atoms with Gasteiger partial charge in [-0.15, -0.1) is 0 Å². The molecule has 0 bridgehead atoms. The van der Waals surface area contributed by atoms with Crippen molar-refractivity contribution in [3.8, 4) is 0 Å². The Morgan fingerprint density at radius 2 is 2.40 bits per heavy atom. The normalized spacial score (nSPS) is 11.6. The highest BCUT2D eigenvalue weighted by Gasteiger charge is 2.10. The zero-order valence-electron chi connectivity index (χ0n) is 11.3. The van der Waals surface area contributed by atoms with Crippen molar-refractivity contribution in [2.24, 2.45) is 4.99 Å². The summed E-state index contributed by atoms with van der Waals surface area (Å²) in [6.45, 7) is 0.239. The lowest BCUT2D eigenvalue weighted by atomic mass is 10.5. The number of ether oxygens (including phenoxy) is 1. The molecule has 0 atom stereocenters. The molecule has 2 rings (SSSR count). The number of aromatic amines is 1. The van der Waals surface area contributed by atoms with Crippen molar-refractivity contribution in [3.63, 3.8) is 0 Å². The molecule has 2 aromatic rings. The van der Waals surface area contributed by atoms with Gasteiger partial charge in [0.25, 0.3) is 5.56 Å². The minimum Gasteiger partial charge on any atom is -0.394 e. The molecule has 0 saturated carbocycles. The minimum absolute atomic E-state index is 0.0787. The summed E-state index contributed by atoms with van der Waals surface area (Å²) in [6.07, 6.45) is 3.00. The number of aliphatic hydroxyl groups excluding tert-OH is 1. The highest BCUT2D eigenvalue weighted by Crippen LogP contribution is 2.09. The van der Waals surface area contributed by atoms with Crippen molar-refractivity contribution in [3.05, 3.63) is 16.7 Å². The van der Waals surface area contributed by atoms with Gasteiger partial charge in [0.2, 0.25) is 5.95 Å². The van der Waals surface area contributed by atoms with Gasteiger partial charge in [-0.3, -0.25) is 9.78 Å². The number of imidazole rings is 1. The Morgan fingerprint density at radius 1 is 1.60 bits per heavy atom. The van der Waals surface area contributed by atoms with Gasteiger partial charge in [0.1, 0.15) is 6.73 Å². The van der Waals surface area contributed by atoms with Crippen molar-refractivity contribution in [2.75, 3.05) is 27.3 Å². The molecule has 0 aliphatic rings. The Morgan fingerprint density at radius 3 is 3.10 bits per heavy atom. The number of hydrogen-bond acceptors (Lipinski definition) is 6. The van der Waals surface area contributed by atoms with Crippen molar-refractivity contribution in [1.82, 2.24) is 24.4 Å². The lowest BCUT2D eigenvalue weighted by Crippen LogP contribution is -2.14. The van der Waals surface area contributed by atoms with Gasteiger partial charge in [-0.25, -0.2) is 9.98 Å². The first-order valence-electron chi connectivity index (χ1n) is 5.96. The summed E-state index contributed by atoms with van der Waals surface area (Å²) in [6, 6.07) is 0. The molecule has 20 heavy (non-hydrogen) atoms. The smallest absolute Gasteiger partial charge is 0.278 e. The minimum atomic E-state index is -0.342. The average Bonchev–Trinajstić information content (AvgIpc) is 2.80. The molecule has 108 valence electrons. The number of nitrogens with zero attached hydrogens (tertiary/aromatic N) is 5. The molecular formula is C11H16N6O3. The topological polar surface area (TPSA) is 109 Å². The van der Waals surface area contributed by atoms with Crippen LogP contribution in [0, 0.1) is 0 Å². The molecule has 9 nitrogen and oxygen atoms in total. The van der Waals surface area contributed by atoms with Crippen molar-refractivity contribution in [1.29, 1.82) is 0 Å². The van der Waals surface area contributed by atoms with Crippen molar-refractivity contribution in [2.45, 2.75) is 6.73 Å². The number of aliphatic hydroxyl groups is 1. The number of H-pyrrole nitrogens is 1. The van der Waals surface area contributed by atoms with Crippen LogP contribution in [0.15, 0.2) is 16.1 Å². The maximum Gasteiger partial charge on any atom is 0.278 e. The third-order valence-electron chi connectivity index (χ3n) is 2.35. The summed E-state index contributed by atoms with van der Waals surface area (Å²) in [5, 5.41) is 8.65. The first-order valence-corrected chi connectivity index (χ1v) is 5.96. The second-order valence-electron chi connectivity index (χ2n) is 4.25. The molecule has 2 aromatic heterocycles. The molecule has 0 fully saturated rings. The largest absolute Gasteiger partial charge is 0.394 e. The van der Waals surface area contributed by atoms with Gasteiger partial charge in [-0.05, 0) is 0 Å². The Hall–Kier alpha value is -2.26. The van der Waals surface area contributed by atoms with Crippen molar-refractivity contribution < 1.29 is 9.84 Å². The molecule has 0 aromatic carbocycles. The first kappa shape index (κ1) is 14.2. The van der Waals surface area contributed by atoms with Crippen LogP contribution in [0.4, 0.5) is 5.95 Å². The zero-order valence-corrected chi connectivity index (χ0v) is 11.3. The molecule has 0 saturated heterocycles. The lowest BCUT2D eigenvalue weighted by Gasteiger charge is -2.04. The van der Waals surface area contributed by atoms with Gasteiger partial charge in [0.15, 0.2) is 11.2 Å². The highest BCUT2D eigenvalue weighted by atomic mass is 16.5. The Labute approximate surface area is 114 Å². The van der Waals surface area contributed by atoms with Crippen LogP contribution in [0.2, 0.25) is 0 Å². The third kappa shape index (κ3) is 3.19. The van der Waals surface area contributed by atoms with E-state index in [1.807, 2.05) is 14.1 Å². The molecule has 0 aliphatic carbocycles. The van der Waals surface area contributed by atoms with Gasteiger partial charge in [0.05, 0.1) is 25.9 Å². The summed E-state index contributed by atoms with van der Waals surface area (Å²) in [5.41, 5.74) is 0.269. The number of aliphatic imine (C=N–C) groups is 1. The summed E-state index contributed by atoms with van der Waals surface area (Å²) in [7, 11) is 3.63. The summed E-state index contributed by atoms with van der Waals surface area (Å²) in [4.78, 5) is 28.5. The van der Waals surface area contributed by atoms with E-state index in [1.165, 1.54) is 17.2 Å². The second-order valence-corrected chi connectivity index (χ2v) is 4.25. The summed E-state index contributed by atoms with van der Waals surface area (Å²) < 4.78 is 6.68.